The number of ether oxygens (including phenoxy) is 1. The van der Waals surface area contributed by atoms with Crippen molar-refractivity contribution < 1.29 is 17.9 Å². The van der Waals surface area contributed by atoms with Gasteiger partial charge in [-0.25, -0.2) is 0 Å². The Labute approximate surface area is 113 Å². The second kappa shape index (κ2) is 5.13. The van der Waals surface area contributed by atoms with Gasteiger partial charge < -0.3 is 10.5 Å². The fraction of sp³-hybridized carbons (Fsp3) is 0.0714. The molecule has 0 aliphatic rings. The number of nitrogens with zero attached hydrogens (tertiary/aromatic N) is 1. The van der Waals surface area contributed by atoms with Crippen LogP contribution in [-0.2, 0) is 6.18 Å². The molecule has 20 heavy (non-hydrogen) atoms. The average molecular weight is 278 g/mol. The smallest absolute Gasteiger partial charge is 0.417 e. The van der Waals surface area contributed by atoms with Gasteiger partial charge in [0.1, 0.15) is 11.5 Å². The molecule has 0 radical (unpaired) electrons. The quantitative estimate of drug-likeness (QED) is 0.846. The van der Waals surface area contributed by atoms with Gasteiger partial charge in [0.15, 0.2) is 0 Å². The predicted octanol–water partition coefficient (Wildman–Crippen LogP) is 3.95. The van der Waals surface area contributed by atoms with Crippen molar-refractivity contribution >= 4 is 5.69 Å². The Morgan fingerprint density at radius 3 is 2.35 bits per heavy atom. The van der Waals surface area contributed by atoms with Gasteiger partial charge in [0.05, 0.1) is 17.2 Å². The molecule has 3 nitrogen and oxygen atoms in total. The zero-order valence-corrected chi connectivity index (χ0v) is 10.1. The van der Waals surface area contributed by atoms with E-state index in [-0.39, 0.29) is 5.75 Å². The monoisotopic (exact) mass is 278 g/mol. The summed E-state index contributed by atoms with van der Waals surface area (Å²) < 4.78 is 43.3. The minimum Gasteiger partial charge on any atom is -0.457 e. The summed E-state index contributed by atoms with van der Waals surface area (Å²) in [6.45, 7) is 0. The molecule has 0 amide bonds. The second-order valence-corrected chi connectivity index (χ2v) is 3.99. The Bertz CT molecular complexity index is 675. The summed E-state index contributed by atoms with van der Waals surface area (Å²) in [5.41, 5.74) is 4.56. The number of benzene rings is 2. The third-order valence-corrected chi connectivity index (χ3v) is 2.51. The lowest BCUT2D eigenvalue weighted by atomic mass is 10.1. The molecule has 0 saturated carbocycles. The van der Waals surface area contributed by atoms with Crippen LogP contribution in [0, 0.1) is 11.3 Å². The number of rotatable bonds is 2. The Kier molecular flexibility index (Phi) is 3.53. The molecular formula is C14H9F3N2O. The standard InChI is InChI=1S/C14H9F3N2O/c15-14(16,17)13-5-4-12(6-9(13)8-18)20-11-3-1-2-10(19)7-11/h1-7H,19H2. The molecule has 2 aromatic carbocycles. The normalized spacial score (nSPS) is 10.9. The maximum absolute atomic E-state index is 12.6. The largest absolute Gasteiger partial charge is 0.457 e. The molecule has 2 rings (SSSR count). The van der Waals surface area contributed by atoms with E-state index in [1.54, 1.807) is 18.2 Å². The van der Waals surface area contributed by atoms with Gasteiger partial charge in [-0.05, 0) is 30.3 Å². The molecule has 2 aromatic rings. The molecule has 0 saturated heterocycles. The lowest BCUT2D eigenvalue weighted by molar-refractivity contribution is -0.137. The highest BCUT2D eigenvalue weighted by atomic mass is 19.4. The molecule has 0 bridgehead atoms. The Morgan fingerprint density at radius 1 is 1.05 bits per heavy atom. The number of hydrogen-bond acceptors (Lipinski definition) is 3. The number of nitriles is 1. The first kappa shape index (κ1) is 13.7. The maximum Gasteiger partial charge on any atom is 0.417 e. The highest BCUT2D eigenvalue weighted by Gasteiger charge is 2.33. The number of nitrogen functional groups attached to an aromatic ring is 1. The van der Waals surface area contributed by atoms with Crippen LogP contribution in [0.1, 0.15) is 11.1 Å². The highest BCUT2D eigenvalue weighted by molar-refractivity contribution is 5.48. The van der Waals surface area contributed by atoms with E-state index < -0.39 is 17.3 Å². The van der Waals surface area contributed by atoms with Gasteiger partial charge in [-0.1, -0.05) is 6.07 Å². The summed E-state index contributed by atoms with van der Waals surface area (Å²) in [6, 6.07) is 11.0. The molecule has 0 aliphatic heterocycles. The number of nitrogens with two attached hydrogens (primary N) is 1. The molecule has 0 atom stereocenters. The van der Waals surface area contributed by atoms with Crippen molar-refractivity contribution in [2.24, 2.45) is 0 Å². The highest BCUT2D eigenvalue weighted by Crippen LogP contribution is 2.34. The van der Waals surface area contributed by atoms with Crippen LogP contribution >= 0.6 is 0 Å². The van der Waals surface area contributed by atoms with Crippen LogP contribution < -0.4 is 10.5 Å². The van der Waals surface area contributed by atoms with E-state index >= 15 is 0 Å². The molecule has 0 fully saturated rings. The van der Waals surface area contributed by atoms with E-state index in [0.717, 1.165) is 18.2 Å². The van der Waals surface area contributed by atoms with E-state index in [1.165, 1.54) is 12.1 Å². The van der Waals surface area contributed by atoms with Crippen molar-refractivity contribution in [3.05, 3.63) is 53.6 Å². The maximum atomic E-state index is 12.6. The Morgan fingerprint density at radius 2 is 1.75 bits per heavy atom. The number of anilines is 1. The van der Waals surface area contributed by atoms with Crippen LogP contribution in [0.15, 0.2) is 42.5 Å². The predicted molar refractivity (Wildman–Crippen MR) is 67.1 cm³/mol. The van der Waals surface area contributed by atoms with Gasteiger partial charge in [-0.3, -0.25) is 0 Å². The molecule has 102 valence electrons. The van der Waals surface area contributed by atoms with Gasteiger partial charge >= 0.3 is 6.18 Å². The Hall–Kier alpha value is -2.68. The fourth-order valence-corrected chi connectivity index (χ4v) is 1.64. The summed E-state index contributed by atoms with van der Waals surface area (Å²) in [7, 11) is 0. The fourth-order valence-electron chi connectivity index (χ4n) is 1.64. The summed E-state index contributed by atoms with van der Waals surface area (Å²) in [4.78, 5) is 0. The molecule has 0 aliphatic carbocycles. The van der Waals surface area contributed by atoms with Gasteiger partial charge in [-0.15, -0.1) is 0 Å². The van der Waals surface area contributed by atoms with Crippen LogP contribution in [0.2, 0.25) is 0 Å². The molecule has 0 unspecified atom stereocenters. The van der Waals surface area contributed by atoms with Crippen LogP contribution in [0.4, 0.5) is 18.9 Å². The lowest BCUT2D eigenvalue weighted by Gasteiger charge is -2.11. The third kappa shape index (κ3) is 3.01. The molecule has 0 heterocycles. The van der Waals surface area contributed by atoms with Crippen LogP contribution in [0.3, 0.4) is 0 Å². The number of hydrogen-bond donors (Lipinski definition) is 1. The van der Waals surface area contributed by atoms with E-state index in [0.29, 0.717) is 11.4 Å². The lowest BCUT2D eigenvalue weighted by Crippen LogP contribution is -2.07. The minimum atomic E-state index is -4.57. The van der Waals surface area contributed by atoms with Crippen molar-refractivity contribution in [3.8, 4) is 17.6 Å². The minimum absolute atomic E-state index is 0.139. The van der Waals surface area contributed by atoms with Gasteiger partial charge in [-0.2, -0.15) is 18.4 Å². The average Bonchev–Trinajstić information content (AvgIpc) is 2.37. The van der Waals surface area contributed by atoms with Crippen molar-refractivity contribution in [1.82, 2.24) is 0 Å². The van der Waals surface area contributed by atoms with Crippen molar-refractivity contribution in [1.29, 1.82) is 5.26 Å². The molecule has 0 aromatic heterocycles. The van der Waals surface area contributed by atoms with E-state index in [9.17, 15) is 13.2 Å². The van der Waals surface area contributed by atoms with Gasteiger partial charge in [0, 0.05) is 11.8 Å². The Balaban J connectivity index is 2.34. The van der Waals surface area contributed by atoms with Crippen molar-refractivity contribution in [2.45, 2.75) is 6.18 Å². The van der Waals surface area contributed by atoms with Crippen molar-refractivity contribution in [2.75, 3.05) is 5.73 Å². The zero-order valence-electron chi connectivity index (χ0n) is 10.1. The van der Waals surface area contributed by atoms with Gasteiger partial charge in [0.25, 0.3) is 0 Å². The van der Waals surface area contributed by atoms with Gasteiger partial charge in [0.2, 0.25) is 0 Å². The molecule has 0 spiro atoms. The topological polar surface area (TPSA) is 59.0 Å². The zero-order chi connectivity index (χ0) is 14.8. The first-order valence-corrected chi connectivity index (χ1v) is 5.55. The van der Waals surface area contributed by atoms with Crippen LogP contribution in [-0.4, -0.2) is 0 Å². The summed E-state index contributed by atoms with van der Waals surface area (Å²) in [5.74, 6) is 0.522. The molecule has 6 heteroatoms. The van der Waals surface area contributed by atoms with E-state index in [4.69, 9.17) is 15.7 Å². The van der Waals surface area contributed by atoms with Crippen LogP contribution in [0.25, 0.3) is 0 Å². The number of halogens is 3. The summed E-state index contributed by atoms with van der Waals surface area (Å²) in [6.07, 6.45) is -4.57. The molecule has 2 N–H and O–H groups in total. The third-order valence-electron chi connectivity index (χ3n) is 2.51. The molecular weight excluding hydrogens is 269 g/mol. The number of alkyl halides is 3. The van der Waals surface area contributed by atoms with E-state index in [1.807, 2.05) is 0 Å². The summed E-state index contributed by atoms with van der Waals surface area (Å²) >= 11 is 0. The van der Waals surface area contributed by atoms with E-state index in [2.05, 4.69) is 0 Å². The second-order valence-electron chi connectivity index (χ2n) is 3.99. The SMILES string of the molecule is N#Cc1cc(Oc2cccc(N)c2)ccc1C(F)(F)F. The first-order valence-electron chi connectivity index (χ1n) is 5.55. The summed E-state index contributed by atoms with van der Waals surface area (Å²) in [5, 5.41) is 8.79. The first-order chi connectivity index (χ1) is 9.40. The van der Waals surface area contributed by atoms with Crippen LogP contribution in [0.5, 0.6) is 11.5 Å². The van der Waals surface area contributed by atoms with Crippen molar-refractivity contribution in [3.63, 3.8) is 0 Å².